The van der Waals surface area contributed by atoms with E-state index in [0.717, 1.165) is 51.3 Å². The van der Waals surface area contributed by atoms with Crippen LogP contribution >= 0.6 is 0 Å². The monoisotopic (exact) mass is 359 g/mol. The largest absolute Gasteiger partial charge is 0.298 e. The van der Waals surface area contributed by atoms with Crippen LogP contribution in [0.2, 0.25) is 0 Å². The van der Waals surface area contributed by atoms with Gasteiger partial charge in [-0.3, -0.25) is 14.8 Å². The lowest BCUT2D eigenvalue weighted by molar-refractivity contribution is 0.247. The van der Waals surface area contributed by atoms with E-state index in [1.54, 1.807) is 12.1 Å². The number of rotatable bonds is 5. The molecule has 2 aromatic rings. The molecule has 0 saturated carbocycles. The van der Waals surface area contributed by atoms with E-state index in [4.69, 9.17) is 0 Å². The molecule has 0 aliphatic carbocycles. The second-order valence-electron chi connectivity index (χ2n) is 6.68. The molecule has 1 aromatic carbocycles. The lowest BCUT2D eigenvalue weighted by Crippen LogP contribution is -2.30. The Kier molecular flexibility index (Phi) is 5.83. The van der Waals surface area contributed by atoms with Crippen molar-refractivity contribution in [1.29, 1.82) is 0 Å². The van der Waals surface area contributed by atoms with E-state index in [0.29, 0.717) is 4.90 Å². The summed E-state index contributed by atoms with van der Waals surface area (Å²) in [5.74, 6) is 0. The molecule has 0 bridgehead atoms. The first-order chi connectivity index (χ1) is 12.0. The minimum absolute atomic E-state index is 0.385. The van der Waals surface area contributed by atoms with Crippen LogP contribution in [0.5, 0.6) is 0 Å². The summed E-state index contributed by atoms with van der Waals surface area (Å²) >= 11 is 0. The molecule has 1 aliphatic rings. The predicted molar refractivity (Wildman–Crippen MR) is 99.0 cm³/mol. The fraction of sp³-hybridized carbons (Fsp3) is 0.421. The first-order valence-electron chi connectivity index (χ1n) is 8.63. The minimum Gasteiger partial charge on any atom is -0.298 e. The van der Waals surface area contributed by atoms with Gasteiger partial charge < -0.3 is 0 Å². The highest BCUT2D eigenvalue weighted by atomic mass is 32.2. The lowest BCUT2D eigenvalue weighted by Gasteiger charge is -2.22. The van der Waals surface area contributed by atoms with Gasteiger partial charge in [0.25, 0.3) is 0 Å². The number of sulfone groups is 1. The summed E-state index contributed by atoms with van der Waals surface area (Å²) in [6.45, 7) is 6.09. The third-order valence-electron chi connectivity index (χ3n) is 4.59. The van der Waals surface area contributed by atoms with Gasteiger partial charge in [-0.2, -0.15) is 0 Å². The van der Waals surface area contributed by atoms with Crippen molar-refractivity contribution in [2.45, 2.75) is 24.4 Å². The van der Waals surface area contributed by atoms with Crippen LogP contribution in [0.1, 0.15) is 17.5 Å². The van der Waals surface area contributed by atoms with Crippen LogP contribution in [0, 0.1) is 0 Å². The second-order valence-corrected chi connectivity index (χ2v) is 8.69. The van der Waals surface area contributed by atoms with Gasteiger partial charge in [0.2, 0.25) is 0 Å². The van der Waals surface area contributed by atoms with E-state index >= 15 is 0 Å². The maximum atomic E-state index is 11.5. The average Bonchev–Trinajstić information content (AvgIpc) is 2.81. The zero-order valence-corrected chi connectivity index (χ0v) is 15.5. The van der Waals surface area contributed by atoms with Crippen LogP contribution in [0.15, 0.2) is 53.7 Å². The number of pyridine rings is 1. The molecule has 0 N–H and O–H groups in total. The van der Waals surface area contributed by atoms with Crippen molar-refractivity contribution in [2.24, 2.45) is 0 Å². The van der Waals surface area contributed by atoms with E-state index in [1.165, 1.54) is 11.8 Å². The molecule has 0 amide bonds. The van der Waals surface area contributed by atoms with Gasteiger partial charge in [-0.15, -0.1) is 0 Å². The Hall–Kier alpha value is -1.76. The number of nitrogens with zero attached hydrogens (tertiary/aromatic N) is 3. The van der Waals surface area contributed by atoms with E-state index in [2.05, 4.69) is 26.9 Å². The zero-order valence-electron chi connectivity index (χ0n) is 14.6. The molecular formula is C19H25N3O2S. The number of hydrogen-bond donors (Lipinski definition) is 0. The van der Waals surface area contributed by atoms with Gasteiger partial charge in [-0.05, 0) is 54.9 Å². The Morgan fingerprint density at radius 1 is 0.840 bits per heavy atom. The third-order valence-corrected chi connectivity index (χ3v) is 5.72. The standard InChI is InChI=1S/C19H25N3O2S/c1-25(23,24)19-5-3-17(4-6-19)15-21-11-2-12-22(14-13-21)16-18-7-9-20-10-8-18/h3-10H,2,11-16H2,1H3. The highest BCUT2D eigenvalue weighted by Crippen LogP contribution is 2.14. The molecule has 2 heterocycles. The molecule has 134 valence electrons. The van der Waals surface area contributed by atoms with Crippen LogP contribution in [0.4, 0.5) is 0 Å². The van der Waals surface area contributed by atoms with Crippen molar-refractivity contribution in [3.05, 3.63) is 59.9 Å². The highest BCUT2D eigenvalue weighted by Gasteiger charge is 2.15. The summed E-state index contributed by atoms with van der Waals surface area (Å²) in [6.07, 6.45) is 6.08. The van der Waals surface area contributed by atoms with Crippen molar-refractivity contribution in [3.8, 4) is 0 Å². The number of hydrogen-bond acceptors (Lipinski definition) is 5. The highest BCUT2D eigenvalue weighted by molar-refractivity contribution is 7.90. The Bertz CT molecular complexity index is 776. The summed E-state index contributed by atoms with van der Waals surface area (Å²) in [4.78, 5) is 9.39. The van der Waals surface area contributed by atoms with Crippen LogP contribution < -0.4 is 0 Å². The van der Waals surface area contributed by atoms with Gasteiger partial charge >= 0.3 is 0 Å². The van der Waals surface area contributed by atoms with Gasteiger partial charge in [-0.25, -0.2) is 8.42 Å². The van der Waals surface area contributed by atoms with Crippen LogP contribution in [-0.4, -0.2) is 55.6 Å². The van der Waals surface area contributed by atoms with Gasteiger partial charge in [0, 0.05) is 44.8 Å². The normalized spacial score (nSPS) is 17.3. The van der Waals surface area contributed by atoms with Gasteiger partial charge in [0.15, 0.2) is 9.84 Å². The summed E-state index contributed by atoms with van der Waals surface area (Å²) in [5.41, 5.74) is 2.47. The maximum Gasteiger partial charge on any atom is 0.175 e. The van der Waals surface area contributed by atoms with E-state index in [1.807, 2.05) is 24.5 Å². The second kappa shape index (κ2) is 8.08. The topological polar surface area (TPSA) is 53.5 Å². The van der Waals surface area contributed by atoms with Crippen molar-refractivity contribution >= 4 is 9.84 Å². The predicted octanol–water partition coefficient (Wildman–Crippen LogP) is 2.19. The first kappa shape index (κ1) is 18.0. The molecule has 1 aromatic heterocycles. The summed E-state index contributed by atoms with van der Waals surface area (Å²) in [5, 5.41) is 0. The molecule has 1 aliphatic heterocycles. The smallest absolute Gasteiger partial charge is 0.175 e. The molecular weight excluding hydrogens is 334 g/mol. The molecule has 6 heteroatoms. The zero-order chi connectivity index (χ0) is 17.7. The maximum absolute atomic E-state index is 11.5. The molecule has 0 radical (unpaired) electrons. The minimum atomic E-state index is -3.12. The van der Waals surface area contributed by atoms with Gasteiger partial charge in [-0.1, -0.05) is 12.1 Å². The molecule has 0 unspecified atom stereocenters. The quantitative estimate of drug-likeness (QED) is 0.819. The van der Waals surface area contributed by atoms with Crippen molar-refractivity contribution in [2.75, 3.05) is 32.4 Å². The molecule has 1 saturated heterocycles. The Morgan fingerprint density at radius 3 is 1.88 bits per heavy atom. The first-order valence-corrected chi connectivity index (χ1v) is 10.5. The molecule has 0 atom stereocenters. The van der Waals surface area contributed by atoms with Gasteiger partial charge in [0.05, 0.1) is 4.90 Å². The van der Waals surface area contributed by atoms with E-state index in [9.17, 15) is 8.42 Å². The number of aromatic nitrogens is 1. The third kappa shape index (κ3) is 5.36. The summed E-state index contributed by atoms with van der Waals surface area (Å²) < 4.78 is 23.1. The molecule has 1 fully saturated rings. The Labute approximate surface area is 150 Å². The Morgan fingerprint density at radius 2 is 1.36 bits per heavy atom. The molecule has 3 rings (SSSR count). The molecule has 25 heavy (non-hydrogen) atoms. The average molecular weight is 359 g/mol. The number of benzene rings is 1. The van der Waals surface area contributed by atoms with Crippen molar-refractivity contribution < 1.29 is 8.42 Å². The lowest BCUT2D eigenvalue weighted by atomic mass is 10.2. The van der Waals surface area contributed by atoms with E-state index < -0.39 is 9.84 Å². The van der Waals surface area contributed by atoms with Gasteiger partial charge in [0.1, 0.15) is 0 Å². The fourth-order valence-corrected chi connectivity index (χ4v) is 3.82. The van der Waals surface area contributed by atoms with Crippen LogP contribution in [0.25, 0.3) is 0 Å². The van der Waals surface area contributed by atoms with E-state index in [-0.39, 0.29) is 0 Å². The Balaban J connectivity index is 1.54. The van der Waals surface area contributed by atoms with Crippen LogP contribution in [-0.2, 0) is 22.9 Å². The van der Waals surface area contributed by atoms with Crippen LogP contribution in [0.3, 0.4) is 0 Å². The summed E-state index contributed by atoms with van der Waals surface area (Å²) in [7, 11) is -3.12. The fourth-order valence-electron chi connectivity index (χ4n) is 3.19. The van der Waals surface area contributed by atoms with Crippen molar-refractivity contribution in [3.63, 3.8) is 0 Å². The molecule has 0 spiro atoms. The SMILES string of the molecule is CS(=O)(=O)c1ccc(CN2CCCN(Cc3ccncc3)CC2)cc1. The molecule has 5 nitrogen and oxygen atoms in total. The van der Waals surface area contributed by atoms with Crippen molar-refractivity contribution in [1.82, 2.24) is 14.8 Å². The summed E-state index contributed by atoms with van der Waals surface area (Å²) in [6, 6.07) is 11.4.